The summed E-state index contributed by atoms with van der Waals surface area (Å²) in [5.41, 5.74) is 0. The molecule has 0 aromatic rings. The Hall–Kier alpha value is -0.820. The molecule has 0 bridgehead atoms. The van der Waals surface area contributed by atoms with E-state index in [9.17, 15) is 18.0 Å². The van der Waals surface area contributed by atoms with E-state index in [1.54, 1.807) is 0 Å². The highest BCUT2D eigenvalue weighted by molar-refractivity contribution is 5.76. The highest BCUT2D eigenvalue weighted by Gasteiger charge is 2.30. The zero-order chi connectivity index (χ0) is 16.6. The van der Waals surface area contributed by atoms with Crippen LogP contribution in [0.2, 0.25) is 0 Å². The van der Waals surface area contributed by atoms with E-state index in [2.05, 4.69) is 10.2 Å². The highest BCUT2D eigenvalue weighted by Crippen LogP contribution is 2.20. The molecule has 1 N–H and O–H groups in total. The van der Waals surface area contributed by atoms with Gasteiger partial charge in [-0.05, 0) is 32.5 Å². The van der Waals surface area contributed by atoms with Crippen molar-refractivity contribution < 1.29 is 18.0 Å². The average molecular weight is 323 g/mol. The fourth-order valence-electron chi connectivity index (χ4n) is 2.70. The van der Waals surface area contributed by atoms with Gasteiger partial charge in [0.15, 0.2) is 0 Å². The Balaban J connectivity index is 2.52. The largest absolute Gasteiger partial charge is 0.390 e. The van der Waals surface area contributed by atoms with Crippen LogP contribution in [0.15, 0.2) is 0 Å². The first-order valence-corrected chi connectivity index (χ1v) is 8.16. The zero-order valence-electron chi connectivity index (χ0n) is 13.6. The number of halogens is 3. The molecule has 7 heteroatoms. The van der Waals surface area contributed by atoms with Gasteiger partial charge in [-0.3, -0.25) is 4.79 Å². The van der Waals surface area contributed by atoms with Crippen LogP contribution in [0.5, 0.6) is 0 Å². The molecule has 0 aromatic carbocycles. The molecule has 0 aliphatic carbocycles. The fraction of sp³-hybridized carbons (Fsp3) is 0.933. The van der Waals surface area contributed by atoms with Gasteiger partial charge < -0.3 is 15.1 Å². The van der Waals surface area contributed by atoms with Crippen LogP contribution in [0.25, 0.3) is 0 Å². The molecule has 1 rings (SSSR count). The van der Waals surface area contributed by atoms with Crippen molar-refractivity contribution in [3.05, 3.63) is 0 Å². The maximum absolute atomic E-state index is 12.5. The van der Waals surface area contributed by atoms with Gasteiger partial charge in [-0.2, -0.15) is 13.2 Å². The lowest BCUT2D eigenvalue weighted by Gasteiger charge is -2.28. The maximum atomic E-state index is 12.5. The minimum Gasteiger partial charge on any atom is -0.341 e. The second-order valence-electron chi connectivity index (χ2n) is 5.77. The van der Waals surface area contributed by atoms with Crippen molar-refractivity contribution in [1.29, 1.82) is 0 Å². The molecule has 1 fully saturated rings. The second kappa shape index (κ2) is 9.35. The summed E-state index contributed by atoms with van der Waals surface area (Å²) >= 11 is 0. The Labute approximate surface area is 131 Å². The van der Waals surface area contributed by atoms with Crippen molar-refractivity contribution in [2.45, 2.75) is 51.7 Å². The molecule has 130 valence electrons. The topological polar surface area (TPSA) is 35.6 Å². The molecule has 0 radical (unpaired) electrons. The van der Waals surface area contributed by atoms with Crippen molar-refractivity contribution >= 4 is 5.91 Å². The van der Waals surface area contributed by atoms with Gasteiger partial charge in [-0.1, -0.05) is 13.8 Å². The third-order valence-corrected chi connectivity index (χ3v) is 4.18. The number of rotatable bonds is 9. The number of hydrogen-bond donors (Lipinski definition) is 1. The van der Waals surface area contributed by atoms with Gasteiger partial charge >= 0.3 is 6.18 Å². The van der Waals surface area contributed by atoms with Crippen molar-refractivity contribution in [2.24, 2.45) is 0 Å². The summed E-state index contributed by atoms with van der Waals surface area (Å²) in [6.45, 7) is 7.32. The number of nitrogens with zero attached hydrogens (tertiary/aromatic N) is 2. The summed E-state index contributed by atoms with van der Waals surface area (Å²) in [4.78, 5) is 15.8. The van der Waals surface area contributed by atoms with E-state index in [0.29, 0.717) is 19.5 Å². The summed E-state index contributed by atoms with van der Waals surface area (Å²) in [7, 11) is 0. The first-order valence-electron chi connectivity index (χ1n) is 8.16. The normalized spacial score (nSPS) is 18.9. The standard InChI is InChI=1S/C15H28F3N3O/c1-3-20(4-2)10-11-21(9-7-15(16,17)18)14(22)12-13-6-5-8-19-13/h13,19H,3-12H2,1-2H3. The van der Waals surface area contributed by atoms with Crippen LogP contribution in [-0.2, 0) is 4.79 Å². The van der Waals surface area contributed by atoms with E-state index < -0.39 is 12.6 Å². The SMILES string of the molecule is CCN(CC)CCN(CCC(F)(F)F)C(=O)CC1CCCN1. The molecule has 22 heavy (non-hydrogen) atoms. The Kier molecular flexibility index (Phi) is 8.17. The highest BCUT2D eigenvalue weighted by atomic mass is 19.4. The quantitative estimate of drug-likeness (QED) is 0.707. The van der Waals surface area contributed by atoms with Crippen LogP contribution in [0, 0.1) is 0 Å². The lowest BCUT2D eigenvalue weighted by atomic mass is 10.1. The Morgan fingerprint density at radius 3 is 2.36 bits per heavy atom. The van der Waals surface area contributed by atoms with Gasteiger partial charge in [-0.15, -0.1) is 0 Å². The molecule has 1 aliphatic heterocycles. The van der Waals surface area contributed by atoms with Gasteiger partial charge in [-0.25, -0.2) is 0 Å². The first-order chi connectivity index (χ1) is 10.4. The summed E-state index contributed by atoms with van der Waals surface area (Å²) in [6.07, 6.45) is -2.90. The van der Waals surface area contributed by atoms with Crippen molar-refractivity contribution in [3.63, 3.8) is 0 Å². The van der Waals surface area contributed by atoms with Crippen molar-refractivity contribution in [3.8, 4) is 0 Å². The number of amides is 1. The second-order valence-corrected chi connectivity index (χ2v) is 5.77. The number of carbonyl (C=O) groups is 1. The number of alkyl halides is 3. The van der Waals surface area contributed by atoms with Crippen LogP contribution in [0.3, 0.4) is 0 Å². The molecule has 0 saturated carbocycles. The fourth-order valence-corrected chi connectivity index (χ4v) is 2.70. The smallest absolute Gasteiger partial charge is 0.341 e. The predicted octanol–water partition coefficient (Wildman–Crippen LogP) is 2.25. The van der Waals surface area contributed by atoms with Gasteiger partial charge in [0, 0.05) is 32.1 Å². The number of carbonyl (C=O) groups excluding carboxylic acids is 1. The minimum atomic E-state index is -4.22. The molecule has 0 spiro atoms. The molecule has 1 heterocycles. The third kappa shape index (κ3) is 7.45. The van der Waals surface area contributed by atoms with Crippen molar-refractivity contribution in [2.75, 3.05) is 39.3 Å². The zero-order valence-corrected chi connectivity index (χ0v) is 13.6. The van der Waals surface area contributed by atoms with E-state index in [4.69, 9.17) is 0 Å². The Morgan fingerprint density at radius 2 is 1.86 bits per heavy atom. The van der Waals surface area contributed by atoms with Crippen LogP contribution >= 0.6 is 0 Å². The maximum Gasteiger partial charge on any atom is 0.390 e. The Morgan fingerprint density at radius 1 is 1.18 bits per heavy atom. The Bertz CT molecular complexity index is 326. The van der Waals surface area contributed by atoms with E-state index in [-0.39, 0.29) is 18.5 Å². The summed E-state index contributed by atoms with van der Waals surface area (Å²) in [5.74, 6) is -0.171. The number of hydrogen-bond acceptors (Lipinski definition) is 3. The number of nitrogens with one attached hydrogen (secondary N) is 1. The molecule has 1 unspecified atom stereocenters. The molecule has 1 aliphatic rings. The van der Waals surface area contributed by atoms with Gasteiger partial charge in [0.25, 0.3) is 0 Å². The predicted molar refractivity (Wildman–Crippen MR) is 80.7 cm³/mol. The summed E-state index contributed by atoms with van der Waals surface area (Å²) in [5, 5.41) is 3.22. The molecule has 1 atom stereocenters. The van der Waals surface area contributed by atoms with Gasteiger partial charge in [0.2, 0.25) is 5.91 Å². The lowest BCUT2D eigenvalue weighted by Crippen LogP contribution is -2.42. The molecule has 1 amide bonds. The summed E-state index contributed by atoms with van der Waals surface area (Å²) < 4.78 is 37.4. The third-order valence-electron chi connectivity index (χ3n) is 4.18. The van der Waals surface area contributed by atoms with Crippen LogP contribution in [0.4, 0.5) is 13.2 Å². The monoisotopic (exact) mass is 323 g/mol. The van der Waals surface area contributed by atoms with Gasteiger partial charge in [0.1, 0.15) is 0 Å². The van der Waals surface area contributed by atoms with E-state index in [1.165, 1.54) is 4.90 Å². The minimum absolute atomic E-state index is 0.120. The summed E-state index contributed by atoms with van der Waals surface area (Å²) in [6, 6.07) is 0.120. The van der Waals surface area contributed by atoms with Gasteiger partial charge in [0.05, 0.1) is 6.42 Å². The average Bonchev–Trinajstić information content (AvgIpc) is 2.94. The molecule has 0 aromatic heterocycles. The van der Waals surface area contributed by atoms with Crippen LogP contribution in [-0.4, -0.2) is 67.2 Å². The van der Waals surface area contributed by atoms with E-state index in [1.807, 2.05) is 13.8 Å². The first kappa shape index (κ1) is 19.2. The molecular formula is C15H28F3N3O. The van der Waals surface area contributed by atoms with E-state index in [0.717, 1.165) is 32.5 Å². The van der Waals surface area contributed by atoms with Crippen LogP contribution < -0.4 is 5.32 Å². The lowest BCUT2D eigenvalue weighted by molar-refractivity contribution is -0.145. The van der Waals surface area contributed by atoms with E-state index >= 15 is 0 Å². The van der Waals surface area contributed by atoms with Crippen LogP contribution in [0.1, 0.15) is 39.5 Å². The van der Waals surface area contributed by atoms with Crippen molar-refractivity contribution in [1.82, 2.24) is 15.1 Å². The molecule has 4 nitrogen and oxygen atoms in total. The number of likely N-dealkylation sites (N-methyl/N-ethyl adjacent to an activating group) is 1. The molecular weight excluding hydrogens is 295 g/mol. The molecule has 1 saturated heterocycles.